The van der Waals surface area contributed by atoms with Gasteiger partial charge in [0.2, 0.25) is 0 Å². The second-order valence-electron chi connectivity index (χ2n) is 24.6. The summed E-state index contributed by atoms with van der Waals surface area (Å²) in [5.74, 6) is 3.48. The summed E-state index contributed by atoms with van der Waals surface area (Å²) in [6.45, 7) is -0.536. The van der Waals surface area contributed by atoms with Crippen molar-refractivity contribution in [2.45, 2.75) is 0 Å². The third-order valence-corrected chi connectivity index (χ3v) is 20.3. The molecule has 0 amide bonds. The first-order valence-corrected chi connectivity index (χ1v) is 31.0. The van der Waals surface area contributed by atoms with Crippen LogP contribution in [0, 0.1) is 0 Å². The fourth-order valence-corrected chi connectivity index (χ4v) is 17.0. The summed E-state index contributed by atoms with van der Waals surface area (Å²) in [4.78, 5) is 12.6. The Morgan fingerprint density at radius 1 is 0.191 bits per heavy atom. The molecule has 0 aliphatic carbocycles. The zero-order valence-electron chi connectivity index (χ0n) is 48.0. The lowest BCUT2D eigenvalue weighted by Gasteiger charge is -2.51. The summed E-state index contributed by atoms with van der Waals surface area (Å²) in [7, 11) is 0. The summed E-state index contributed by atoms with van der Waals surface area (Å²) >= 11 is 0. The molecule has 0 N–H and O–H groups in total. The average Bonchev–Trinajstić information content (AvgIpc) is 0.729. The second kappa shape index (κ2) is 17.7. The Hall–Kier alpha value is -11.3. The van der Waals surface area contributed by atoms with E-state index in [1.807, 2.05) is 0 Å². The number of ether oxygens (including phenoxy) is 2. The first-order chi connectivity index (χ1) is 44.2. The van der Waals surface area contributed by atoms with Crippen molar-refractivity contribution in [1.29, 1.82) is 0 Å². The van der Waals surface area contributed by atoms with Crippen LogP contribution >= 0.6 is 0 Å². The molecule has 0 atom stereocenters. The molecule has 0 radical (unpaired) electrons. The highest BCUT2D eigenvalue weighted by molar-refractivity contribution is 7.06. The highest BCUT2D eigenvalue weighted by Crippen LogP contribution is 2.52. The molecule has 11 heteroatoms. The molecule has 21 rings (SSSR count). The molecule has 8 aliphatic heterocycles. The lowest BCUT2D eigenvalue weighted by Crippen LogP contribution is -2.70. The first-order valence-electron chi connectivity index (χ1n) is 31.0. The zero-order valence-corrected chi connectivity index (χ0v) is 48.0. The topological polar surface area (TPSA) is 34.7 Å². The number of anilines is 15. The molecule has 0 aromatic heterocycles. The molecule has 0 fully saturated rings. The van der Waals surface area contributed by atoms with Gasteiger partial charge in [-0.25, -0.2) is 0 Å². The number of para-hydroxylation sites is 8. The number of fused-ring (bicyclic) bond motifs is 18. The fourth-order valence-electron chi connectivity index (χ4n) is 17.0. The monoisotopic (exact) mass is 1130 g/mol. The van der Waals surface area contributed by atoms with E-state index >= 15 is 0 Å². The highest BCUT2D eigenvalue weighted by atomic mass is 16.5. The summed E-state index contributed by atoms with van der Waals surface area (Å²) < 4.78 is 15.0. The van der Waals surface area contributed by atoms with Gasteiger partial charge in [-0.3, -0.25) is 0 Å². The normalized spacial score (nSPS) is 14.5. The van der Waals surface area contributed by atoms with Crippen LogP contribution in [0.5, 0.6) is 23.0 Å². The van der Waals surface area contributed by atoms with Gasteiger partial charge in [-0.05, 0) is 169 Å². The molecule has 0 unspecified atom stereocenters. The molecule has 0 spiro atoms. The van der Waals surface area contributed by atoms with Crippen LogP contribution in [-0.2, 0) is 0 Å². The molecular weight excluding hydrogens is 1080 g/mol. The van der Waals surface area contributed by atoms with Crippen LogP contribution in [0.4, 0.5) is 85.3 Å². The van der Waals surface area contributed by atoms with E-state index in [4.69, 9.17) is 9.47 Å². The van der Waals surface area contributed by atoms with Crippen LogP contribution in [0.25, 0.3) is 0 Å². The SMILES string of the molecule is c1ccc(N2c3ccccc3B3c4cc5c(cc4Oc4cccc2c43)N2c3cc4c(cc3B3c6ccccc6N(c6ccccc6)c6cc7c(c2c63)B5c2ccccc2N7c2ccccc2)B2c3ccccc3N(c3ccccc3)c3cccc(c32)O4)cc1. The van der Waals surface area contributed by atoms with Crippen LogP contribution in [0.15, 0.2) is 285 Å². The van der Waals surface area contributed by atoms with E-state index in [-0.39, 0.29) is 26.9 Å². The molecule has 13 aromatic rings. The standard InChI is InChI=1S/C78H47B4N5O2/c1-5-23-48(24-6-1)83-60-35-17-15-33-54(60)81-58-43-56-66(46-72(58)88-70-41-21-39-64(83)74(70)81)87-67-47-73-59(82-55-34-16-18-36-61(55)84(49-25-7-2-8-26-49)65-40-22-42-71(89-73)75(65)82)44-57(67)80-53-32-14-20-38-63(53)86(51-29-11-4-12-30-51)69-45-68-76(78(87)77(69)80)79(56)52-31-13-19-37-62(52)85(68)50-27-9-3-10-28-50/h1-47H. The van der Waals surface area contributed by atoms with Crippen molar-refractivity contribution in [2.75, 3.05) is 24.5 Å². The number of benzene rings is 13. The summed E-state index contributed by atoms with van der Waals surface area (Å²) in [6.07, 6.45) is 0. The zero-order chi connectivity index (χ0) is 57.7. The van der Waals surface area contributed by atoms with Crippen molar-refractivity contribution in [2.24, 2.45) is 0 Å². The van der Waals surface area contributed by atoms with E-state index < -0.39 is 0 Å². The van der Waals surface area contributed by atoms with Crippen molar-refractivity contribution in [3.8, 4) is 23.0 Å². The highest BCUT2D eigenvalue weighted by Gasteiger charge is 2.54. The minimum Gasteiger partial charge on any atom is -0.458 e. The van der Waals surface area contributed by atoms with E-state index in [0.717, 1.165) is 90.8 Å². The largest absolute Gasteiger partial charge is 0.458 e. The van der Waals surface area contributed by atoms with Gasteiger partial charge in [0.05, 0.1) is 0 Å². The third kappa shape index (κ3) is 6.30. The quantitative estimate of drug-likeness (QED) is 0.163. The van der Waals surface area contributed by atoms with E-state index in [9.17, 15) is 0 Å². The number of hydrogen-bond donors (Lipinski definition) is 0. The molecule has 0 bridgehead atoms. The van der Waals surface area contributed by atoms with Crippen LogP contribution in [-0.4, -0.2) is 26.9 Å². The number of hydrogen-bond acceptors (Lipinski definition) is 7. The first kappa shape index (κ1) is 47.9. The number of nitrogens with zero attached hydrogens (tertiary/aromatic N) is 5. The average molecular weight is 1130 g/mol. The molecule has 408 valence electrons. The van der Waals surface area contributed by atoms with E-state index in [2.05, 4.69) is 310 Å². The van der Waals surface area contributed by atoms with Crippen LogP contribution < -0.4 is 99.5 Å². The van der Waals surface area contributed by atoms with Crippen molar-refractivity contribution in [3.63, 3.8) is 0 Å². The van der Waals surface area contributed by atoms with Gasteiger partial charge in [-0.2, -0.15) is 0 Å². The van der Waals surface area contributed by atoms with E-state index in [1.165, 1.54) is 83.1 Å². The van der Waals surface area contributed by atoms with Gasteiger partial charge in [-0.15, -0.1) is 0 Å². The van der Waals surface area contributed by atoms with E-state index in [1.54, 1.807) is 0 Å². The van der Waals surface area contributed by atoms with Gasteiger partial charge < -0.3 is 34.0 Å². The Morgan fingerprint density at radius 2 is 0.494 bits per heavy atom. The van der Waals surface area contributed by atoms with Gasteiger partial charge in [0.15, 0.2) is 0 Å². The van der Waals surface area contributed by atoms with Gasteiger partial charge >= 0.3 is 0 Å². The predicted octanol–water partition coefficient (Wildman–Crippen LogP) is 11.2. The minimum absolute atomic E-state index is 0.106. The number of rotatable bonds is 4. The van der Waals surface area contributed by atoms with Gasteiger partial charge in [-0.1, -0.05) is 170 Å². The fraction of sp³-hybridized carbons (Fsp3) is 0. The Bertz CT molecular complexity index is 4930. The van der Waals surface area contributed by atoms with Gasteiger partial charge in [0.25, 0.3) is 26.9 Å². The molecule has 8 heterocycles. The smallest absolute Gasteiger partial charge is 0.256 e. The maximum atomic E-state index is 7.51. The lowest BCUT2D eigenvalue weighted by molar-refractivity contribution is 0.487. The Morgan fingerprint density at radius 3 is 0.854 bits per heavy atom. The Kier molecular flexibility index (Phi) is 9.52. The molecule has 8 aliphatic rings. The molecule has 0 saturated carbocycles. The van der Waals surface area contributed by atoms with Crippen molar-refractivity contribution in [1.82, 2.24) is 0 Å². The summed E-state index contributed by atoms with van der Waals surface area (Å²) in [6, 6.07) is 106. The van der Waals surface area contributed by atoms with Gasteiger partial charge in [0.1, 0.15) is 23.0 Å². The third-order valence-electron chi connectivity index (χ3n) is 20.3. The Balaban J connectivity index is 0.876. The molecular formula is C78H47B4N5O2. The Labute approximate surface area is 516 Å². The summed E-state index contributed by atoms with van der Waals surface area (Å²) in [5, 5.41) is 0. The predicted molar refractivity (Wildman–Crippen MR) is 372 cm³/mol. The van der Waals surface area contributed by atoms with Crippen molar-refractivity contribution < 1.29 is 9.47 Å². The van der Waals surface area contributed by atoms with E-state index in [0.29, 0.717) is 0 Å². The van der Waals surface area contributed by atoms with Crippen molar-refractivity contribution >= 4 is 178 Å². The molecule has 0 saturated heterocycles. The minimum atomic E-state index is -0.163. The van der Waals surface area contributed by atoms with Crippen LogP contribution in [0.1, 0.15) is 0 Å². The van der Waals surface area contributed by atoms with Gasteiger partial charge in [0, 0.05) is 97.4 Å². The molecule has 13 aromatic carbocycles. The molecule has 89 heavy (non-hydrogen) atoms. The van der Waals surface area contributed by atoms with Crippen molar-refractivity contribution in [3.05, 3.63) is 285 Å². The maximum absolute atomic E-state index is 7.51. The van der Waals surface area contributed by atoms with Crippen LogP contribution in [0.2, 0.25) is 0 Å². The second-order valence-corrected chi connectivity index (χ2v) is 24.6. The van der Waals surface area contributed by atoms with Crippen LogP contribution in [0.3, 0.4) is 0 Å². The molecule has 7 nitrogen and oxygen atoms in total. The lowest BCUT2D eigenvalue weighted by atomic mass is 9.27. The maximum Gasteiger partial charge on any atom is 0.256 e. The summed E-state index contributed by atoms with van der Waals surface area (Å²) in [5.41, 5.74) is 31.9.